The predicted molar refractivity (Wildman–Crippen MR) is 173 cm³/mol. The second-order valence-corrected chi connectivity index (χ2v) is 11.2. The Morgan fingerprint density at radius 2 is 1.28 bits per heavy atom. The van der Waals surface area contributed by atoms with E-state index in [1.54, 1.807) is 12.1 Å². The highest BCUT2D eigenvalue weighted by Crippen LogP contribution is 2.25. The molecule has 0 fully saturated rings. The van der Waals surface area contributed by atoms with Crippen molar-refractivity contribution in [2.24, 2.45) is 5.73 Å². The number of thiol groups is 1. The summed E-state index contributed by atoms with van der Waals surface area (Å²) in [5.41, 5.74) is 5.41. The molecular weight excluding hydrogens is 638 g/mol. The van der Waals surface area contributed by atoms with E-state index in [1.165, 1.54) is 57.2 Å². The minimum atomic E-state index is -1.30. The topological polar surface area (TPSA) is 224 Å². The number of Topliss-reactive ketones (excluding diaryl/α,β-unsaturated/α-hetero) is 1. The zero-order chi connectivity index (χ0) is 34.4. The van der Waals surface area contributed by atoms with Crippen LogP contribution in [0, 0.1) is 5.41 Å². The molecule has 0 aliphatic carbocycles. The summed E-state index contributed by atoms with van der Waals surface area (Å²) in [4.78, 5) is 86.5. The maximum atomic E-state index is 13.2. The molecule has 0 spiro atoms. The van der Waals surface area contributed by atoms with Crippen LogP contribution in [0.4, 0.5) is 0 Å². The molecule has 14 nitrogen and oxygen atoms in total. The van der Waals surface area contributed by atoms with Crippen molar-refractivity contribution in [1.82, 2.24) is 16.0 Å². The molecule has 3 atom stereocenters. The number of thioether (sulfide) groups is 1. The van der Waals surface area contributed by atoms with Gasteiger partial charge in [0.25, 0.3) is 0 Å². The van der Waals surface area contributed by atoms with Gasteiger partial charge in [-0.15, -0.1) is 0 Å². The zero-order valence-electron chi connectivity index (χ0n) is 25.3. The Labute approximate surface area is 274 Å². The fourth-order valence-corrected chi connectivity index (χ4v) is 5.18. The number of rotatable bonds is 16. The van der Waals surface area contributed by atoms with Gasteiger partial charge in [-0.1, -0.05) is 36.0 Å². The number of amidine groups is 1. The third-order valence-corrected chi connectivity index (χ3v) is 7.45. The number of esters is 2. The zero-order valence-corrected chi connectivity index (χ0v) is 27.0. The molecule has 2 aromatic rings. The summed E-state index contributed by atoms with van der Waals surface area (Å²) >= 11 is 4.74. The Balaban J connectivity index is 2.20. The molecule has 0 aliphatic rings. The standard InChI is InChI=1S/C30H35N5O9S2/c1-16(36)33-21(27(31)32)12-13-24(39)19-8-4-6-10-25(19)43-28(40)20-9-5-7-11-26(20)44-29(41)23(35-18(3)38)15-46-30(42)22(14-45)34-17(2)37/h4-11,21-23,45H,12-15H2,1-3H3,(H3,31,32)(H,33,36)(H,34,37)(H,35,38). The molecular formula is C30H35N5O9S2. The van der Waals surface area contributed by atoms with Gasteiger partial charge in [-0.2, -0.15) is 12.6 Å². The van der Waals surface area contributed by atoms with E-state index in [4.69, 9.17) is 20.6 Å². The first-order valence-electron chi connectivity index (χ1n) is 13.8. The number of hydrogen-bond acceptors (Lipinski definition) is 12. The van der Waals surface area contributed by atoms with Gasteiger partial charge in [-0.05, 0) is 30.7 Å². The molecule has 46 heavy (non-hydrogen) atoms. The van der Waals surface area contributed by atoms with Crippen molar-refractivity contribution in [3.05, 3.63) is 59.7 Å². The van der Waals surface area contributed by atoms with Crippen molar-refractivity contribution < 1.29 is 43.0 Å². The third kappa shape index (κ3) is 12.0. The van der Waals surface area contributed by atoms with E-state index in [0.717, 1.165) is 0 Å². The van der Waals surface area contributed by atoms with Gasteiger partial charge in [0.1, 0.15) is 35.0 Å². The van der Waals surface area contributed by atoms with Crippen LogP contribution >= 0.6 is 24.4 Å². The number of carbonyl (C=O) groups excluding carboxylic acids is 7. The lowest BCUT2D eigenvalue weighted by Crippen LogP contribution is -2.45. The first-order chi connectivity index (χ1) is 21.7. The molecule has 0 heterocycles. The quantitative estimate of drug-likeness (QED) is 0.0373. The lowest BCUT2D eigenvalue weighted by molar-refractivity contribution is -0.138. The first-order valence-corrected chi connectivity index (χ1v) is 15.4. The van der Waals surface area contributed by atoms with Crippen LogP contribution in [-0.4, -0.2) is 76.0 Å². The minimum Gasteiger partial charge on any atom is -0.424 e. The average molecular weight is 674 g/mol. The number of nitrogens with two attached hydrogens (primary N) is 1. The van der Waals surface area contributed by atoms with Crippen LogP contribution in [0.25, 0.3) is 0 Å². The van der Waals surface area contributed by atoms with E-state index in [0.29, 0.717) is 11.8 Å². The largest absolute Gasteiger partial charge is 0.424 e. The summed E-state index contributed by atoms with van der Waals surface area (Å²) in [5.74, 6) is -4.65. The minimum absolute atomic E-state index is 0.0148. The summed E-state index contributed by atoms with van der Waals surface area (Å²) in [7, 11) is 0. The molecule has 0 bridgehead atoms. The van der Waals surface area contributed by atoms with Gasteiger partial charge in [-0.25, -0.2) is 9.59 Å². The van der Waals surface area contributed by atoms with Crippen LogP contribution in [0.3, 0.4) is 0 Å². The smallest absolute Gasteiger partial charge is 0.347 e. The molecule has 2 rings (SSSR count). The summed E-state index contributed by atoms with van der Waals surface area (Å²) in [6.07, 6.45) is -0.0887. The van der Waals surface area contributed by atoms with Crippen LogP contribution < -0.4 is 31.2 Å². The Kier molecular flexibility index (Phi) is 14.9. The number of nitrogens with one attached hydrogen (secondary N) is 4. The third-order valence-electron chi connectivity index (χ3n) is 6.02. The van der Waals surface area contributed by atoms with E-state index in [1.807, 2.05) is 0 Å². The van der Waals surface area contributed by atoms with Gasteiger partial charge < -0.3 is 31.2 Å². The molecule has 2 aromatic carbocycles. The number of amides is 3. The highest BCUT2D eigenvalue weighted by Gasteiger charge is 2.28. The molecule has 6 N–H and O–H groups in total. The predicted octanol–water partition coefficient (Wildman–Crippen LogP) is 1.41. The van der Waals surface area contributed by atoms with Crippen molar-refractivity contribution in [3.63, 3.8) is 0 Å². The summed E-state index contributed by atoms with van der Waals surface area (Å²) in [5, 5.41) is 14.5. The second kappa shape index (κ2) is 18.3. The van der Waals surface area contributed by atoms with Crippen molar-refractivity contribution in [1.29, 1.82) is 5.41 Å². The molecule has 246 valence electrons. The normalized spacial score (nSPS) is 12.4. The van der Waals surface area contributed by atoms with Crippen molar-refractivity contribution in [3.8, 4) is 11.5 Å². The number of benzene rings is 2. The maximum absolute atomic E-state index is 13.2. The fourth-order valence-electron chi connectivity index (χ4n) is 3.91. The van der Waals surface area contributed by atoms with Gasteiger partial charge in [-0.3, -0.25) is 29.4 Å². The van der Waals surface area contributed by atoms with Gasteiger partial charge in [0.05, 0.1) is 11.6 Å². The van der Waals surface area contributed by atoms with E-state index < -0.39 is 58.7 Å². The summed E-state index contributed by atoms with van der Waals surface area (Å²) < 4.78 is 11.0. The number of hydrogen-bond donors (Lipinski definition) is 6. The maximum Gasteiger partial charge on any atom is 0.347 e. The Hall–Kier alpha value is -4.70. The molecule has 16 heteroatoms. The summed E-state index contributed by atoms with van der Waals surface area (Å²) in [6, 6.07) is 8.52. The van der Waals surface area contributed by atoms with Crippen molar-refractivity contribution in [2.45, 2.75) is 51.7 Å². The molecule has 3 amide bonds. The SMILES string of the molecule is CC(=O)NC(CCC(=O)c1ccccc1OC(=O)c1ccccc1OC(=O)C(CSC(=O)C(CS)NC(C)=O)NC(C)=O)C(=N)N. The highest BCUT2D eigenvalue weighted by molar-refractivity contribution is 8.13. The van der Waals surface area contributed by atoms with Gasteiger partial charge in [0.15, 0.2) is 5.78 Å². The van der Waals surface area contributed by atoms with Gasteiger partial charge >= 0.3 is 11.9 Å². The second-order valence-electron chi connectivity index (χ2n) is 9.79. The van der Waals surface area contributed by atoms with E-state index in [-0.39, 0.29) is 52.8 Å². The van der Waals surface area contributed by atoms with E-state index in [9.17, 15) is 33.6 Å². The summed E-state index contributed by atoms with van der Waals surface area (Å²) in [6.45, 7) is 3.67. The molecule has 0 radical (unpaired) electrons. The van der Waals surface area contributed by atoms with Crippen LogP contribution in [0.15, 0.2) is 48.5 Å². The molecule has 3 unspecified atom stereocenters. The number of ether oxygens (including phenoxy) is 2. The van der Waals surface area contributed by atoms with Crippen LogP contribution in [-0.2, 0) is 24.0 Å². The van der Waals surface area contributed by atoms with Crippen LogP contribution in [0.1, 0.15) is 54.3 Å². The molecule has 0 aromatic heterocycles. The number of para-hydroxylation sites is 2. The van der Waals surface area contributed by atoms with Crippen molar-refractivity contribution >= 4 is 70.8 Å². The molecule has 0 aliphatic heterocycles. The Morgan fingerprint density at radius 3 is 1.83 bits per heavy atom. The number of carbonyl (C=O) groups is 7. The molecule has 0 saturated heterocycles. The lowest BCUT2D eigenvalue weighted by atomic mass is 10.0. The van der Waals surface area contributed by atoms with Crippen LogP contribution in [0.2, 0.25) is 0 Å². The first kappa shape index (κ1) is 37.5. The Morgan fingerprint density at radius 1 is 0.783 bits per heavy atom. The highest BCUT2D eigenvalue weighted by atomic mass is 32.2. The fraction of sp³-hybridized carbons (Fsp3) is 0.333. The molecule has 0 saturated carbocycles. The average Bonchev–Trinajstić information content (AvgIpc) is 2.99. The van der Waals surface area contributed by atoms with Gasteiger partial charge in [0, 0.05) is 38.7 Å². The van der Waals surface area contributed by atoms with E-state index >= 15 is 0 Å². The van der Waals surface area contributed by atoms with E-state index in [2.05, 4.69) is 28.6 Å². The van der Waals surface area contributed by atoms with Gasteiger partial charge in [0.2, 0.25) is 22.8 Å². The van der Waals surface area contributed by atoms with Crippen LogP contribution in [0.5, 0.6) is 11.5 Å². The Bertz CT molecular complexity index is 1500. The lowest BCUT2D eigenvalue weighted by Gasteiger charge is -2.19. The van der Waals surface area contributed by atoms with Crippen molar-refractivity contribution in [2.75, 3.05) is 11.5 Å². The monoisotopic (exact) mass is 673 g/mol. The number of ketones is 1.